The molecule has 0 spiro atoms. The predicted octanol–water partition coefficient (Wildman–Crippen LogP) is 5.12. The number of furan rings is 1. The first-order valence-electron chi connectivity index (χ1n) is 12.6. The summed E-state index contributed by atoms with van der Waals surface area (Å²) in [6.07, 6.45) is 1.84. The first-order chi connectivity index (χ1) is 18.3. The van der Waals surface area contributed by atoms with Crippen LogP contribution in [0.3, 0.4) is 0 Å². The third-order valence-electron chi connectivity index (χ3n) is 6.77. The van der Waals surface area contributed by atoms with Gasteiger partial charge in [0, 0.05) is 49.6 Å². The van der Waals surface area contributed by atoms with Crippen LogP contribution in [0.4, 0.5) is 26.2 Å². The van der Waals surface area contributed by atoms with Crippen molar-refractivity contribution in [2.45, 2.75) is 25.7 Å². The summed E-state index contributed by atoms with van der Waals surface area (Å²) in [5, 5.41) is 2.86. The molecule has 198 valence electrons. The van der Waals surface area contributed by atoms with Gasteiger partial charge in [-0.25, -0.2) is 8.78 Å². The van der Waals surface area contributed by atoms with Crippen molar-refractivity contribution in [1.29, 1.82) is 0 Å². The van der Waals surface area contributed by atoms with Crippen LogP contribution < -0.4 is 15.1 Å². The zero-order chi connectivity index (χ0) is 26.3. The van der Waals surface area contributed by atoms with E-state index in [1.807, 2.05) is 17.9 Å². The minimum Gasteiger partial charge on any atom is -0.451 e. The number of hydrogen-bond donors (Lipinski definition) is 1. The van der Waals surface area contributed by atoms with Crippen molar-refractivity contribution in [3.05, 3.63) is 54.0 Å². The third kappa shape index (κ3) is 4.93. The second kappa shape index (κ2) is 9.71. The number of amides is 1. The Morgan fingerprint density at radius 2 is 1.89 bits per heavy atom. The molecule has 9 nitrogen and oxygen atoms in total. The van der Waals surface area contributed by atoms with Gasteiger partial charge in [0.1, 0.15) is 11.3 Å². The summed E-state index contributed by atoms with van der Waals surface area (Å²) >= 11 is 0. The topological polar surface area (TPSA) is 96.9 Å². The van der Waals surface area contributed by atoms with Gasteiger partial charge in [-0.05, 0) is 43.7 Å². The Morgan fingerprint density at radius 3 is 2.68 bits per heavy atom. The number of anilines is 3. The fourth-order valence-electron chi connectivity index (χ4n) is 4.87. The van der Waals surface area contributed by atoms with E-state index in [4.69, 9.17) is 13.6 Å². The maximum absolute atomic E-state index is 14.4. The van der Waals surface area contributed by atoms with E-state index >= 15 is 0 Å². The number of rotatable bonds is 5. The number of fused-ring (bicyclic) bond motifs is 1. The Morgan fingerprint density at radius 1 is 1.05 bits per heavy atom. The average molecular weight is 524 g/mol. The number of carbonyl (C=O) groups excluding carboxylic acids is 1. The highest BCUT2D eigenvalue weighted by Crippen LogP contribution is 2.38. The molecule has 3 aromatic heterocycles. The van der Waals surface area contributed by atoms with Crippen LogP contribution in [0.1, 0.15) is 29.1 Å². The normalized spacial score (nSPS) is 17.7. The molecule has 4 aromatic rings. The lowest BCUT2D eigenvalue weighted by molar-refractivity contribution is -0.0116. The van der Waals surface area contributed by atoms with Gasteiger partial charge in [-0.2, -0.15) is 4.98 Å². The van der Waals surface area contributed by atoms with Gasteiger partial charge in [-0.3, -0.25) is 9.78 Å². The number of hydrogen-bond acceptors (Lipinski definition) is 8. The molecule has 0 unspecified atom stereocenters. The number of aromatic nitrogens is 2. The summed E-state index contributed by atoms with van der Waals surface area (Å²) < 4.78 is 45.9. The molecule has 38 heavy (non-hydrogen) atoms. The summed E-state index contributed by atoms with van der Waals surface area (Å²) in [5.41, 5.74) is 3.41. The fraction of sp³-hybridized carbons (Fsp3) is 0.370. The maximum Gasteiger partial charge on any atom is 0.298 e. The smallest absolute Gasteiger partial charge is 0.298 e. The number of piperidine rings is 1. The second-order valence-corrected chi connectivity index (χ2v) is 9.62. The molecular weight excluding hydrogens is 496 g/mol. The number of nitrogens with zero attached hydrogens (tertiary/aromatic N) is 4. The Bertz CT molecular complexity index is 1480. The molecule has 0 bridgehead atoms. The van der Waals surface area contributed by atoms with Crippen molar-refractivity contribution < 1.29 is 27.1 Å². The number of morpholine rings is 1. The molecule has 1 N–H and O–H groups in total. The number of carbonyl (C=O) groups is 1. The molecular formula is C27H27F2N5O4. The molecule has 2 aliphatic heterocycles. The highest BCUT2D eigenvalue weighted by atomic mass is 19.3. The van der Waals surface area contributed by atoms with Gasteiger partial charge < -0.3 is 28.7 Å². The fourth-order valence-corrected chi connectivity index (χ4v) is 4.87. The highest BCUT2D eigenvalue weighted by molar-refractivity contribution is 6.06. The van der Waals surface area contributed by atoms with Gasteiger partial charge in [0.25, 0.3) is 17.8 Å². The number of oxazole rings is 1. The molecule has 1 aromatic carbocycles. The van der Waals surface area contributed by atoms with E-state index in [-0.39, 0.29) is 12.2 Å². The Balaban J connectivity index is 1.33. The zero-order valence-electron chi connectivity index (χ0n) is 20.9. The van der Waals surface area contributed by atoms with E-state index in [2.05, 4.69) is 15.3 Å². The quantitative estimate of drug-likeness (QED) is 0.385. The number of halogens is 2. The van der Waals surface area contributed by atoms with E-state index in [1.54, 1.807) is 41.4 Å². The zero-order valence-corrected chi connectivity index (χ0v) is 20.9. The lowest BCUT2D eigenvalue weighted by Crippen LogP contribution is -2.43. The molecule has 11 heteroatoms. The van der Waals surface area contributed by atoms with Crippen LogP contribution >= 0.6 is 0 Å². The van der Waals surface area contributed by atoms with Crippen LogP contribution in [0.15, 0.2) is 51.4 Å². The van der Waals surface area contributed by atoms with E-state index in [9.17, 15) is 13.6 Å². The van der Waals surface area contributed by atoms with Crippen molar-refractivity contribution in [2.24, 2.45) is 0 Å². The SMILES string of the molecule is Cc1cc(-c2ccc(C(=O)Nc3cc4oc(N5CCOCC5)nc4cc3N3CCCC(F)(F)C3)o2)ccn1. The Labute approximate surface area is 217 Å². The van der Waals surface area contributed by atoms with Crippen LogP contribution in [-0.4, -0.2) is 61.2 Å². The number of benzene rings is 1. The first-order valence-corrected chi connectivity index (χ1v) is 12.6. The summed E-state index contributed by atoms with van der Waals surface area (Å²) in [6.45, 7) is 4.28. The van der Waals surface area contributed by atoms with E-state index < -0.39 is 18.4 Å². The van der Waals surface area contributed by atoms with Crippen molar-refractivity contribution in [3.63, 3.8) is 0 Å². The molecule has 0 saturated carbocycles. The molecule has 0 atom stereocenters. The van der Waals surface area contributed by atoms with Gasteiger partial charge in [-0.15, -0.1) is 0 Å². The standard InChI is InChI=1S/C27H27F2N5O4/c1-17-13-18(5-7-30-17)22-3-4-23(37-22)25(35)31-19-15-24-20(32-26(38-24)33-9-11-36-12-10-33)14-21(19)34-8-2-6-27(28,29)16-34/h3-5,7,13-15H,2,6,8-12,16H2,1H3,(H,31,35). The average Bonchev–Trinajstić information content (AvgIpc) is 3.56. The number of nitrogens with one attached hydrogen (secondary N) is 1. The van der Waals surface area contributed by atoms with Crippen LogP contribution in [0.5, 0.6) is 0 Å². The summed E-state index contributed by atoms with van der Waals surface area (Å²) in [6, 6.07) is 10.7. The minimum absolute atomic E-state index is 0.0936. The molecule has 2 fully saturated rings. The molecule has 5 heterocycles. The third-order valence-corrected chi connectivity index (χ3v) is 6.77. The highest BCUT2D eigenvalue weighted by Gasteiger charge is 2.36. The van der Waals surface area contributed by atoms with Crippen molar-refractivity contribution in [1.82, 2.24) is 9.97 Å². The maximum atomic E-state index is 14.4. The molecule has 0 aliphatic carbocycles. The van der Waals surface area contributed by atoms with Crippen molar-refractivity contribution in [2.75, 3.05) is 54.5 Å². The molecule has 1 amide bonds. The molecule has 6 rings (SSSR count). The predicted molar refractivity (Wildman–Crippen MR) is 138 cm³/mol. The van der Waals surface area contributed by atoms with Gasteiger partial charge in [0.05, 0.1) is 31.1 Å². The summed E-state index contributed by atoms with van der Waals surface area (Å²) in [7, 11) is 0. The Hall–Kier alpha value is -3.99. The monoisotopic (exact) mass is 523 g/mol. The van der Waals surface area contributed by atoms with Gasteiger partial charge in [0.15, 0.2) is 11.3 Å². The molecule has 2 saturated heterocycles. The van der Waals surface area contributed by atoms with E-state index in [0.717, 1.165) is 11.3 Å². The number of alkyl halides is 2. The Kier molecular flexibility index (Phi) is 6.22. The van der Waals surface area contributed by atoms with Crippen LogP contribution in [0.2, 0.25) is 0 Å². The lowest BCUT2D eigenvalue weighted by Gasteiger charge is -2.35. The number of ether oxygens (including phenoxy) is 1. The van der Waals surface area contributed by atoms with Crippen LogP contribution in [0, 0.1) is 6.92 Å². The summed E-state index contributed by atoms with van der Waals surface area (Å²) in [5.74, 6) is -2.71. The van der Waals surface area contributed by atoms with Gasteiger partial charge in [-0.1, -0.05) is 0 Å². The number of pyridine rings is 1. The van der Waals surface area contributed by atoms with Crippen LogP contribution in [0.25, 0.3) is 22.4 Å². The second-order valence-electron chi connectivity index (χ2n) is 9.62. The summed E-state index contributed by atoms with van der Waals surface area (Å²) in [4.78, 5) is 25.6. The molecule has 2 aliphatic rings. The van der Waals surface area contributed by atoms with Gasteiger partial charge >= 0.3 is 0 Å². The lowest BCUT2D eigenvalue weighted by atomic mass is 10.1. The largest absolute Gasteiger partial charge is 0.451 e. The molecule has 0 radical (unpaired) electrons. The van der Waals surface area contributed by atoms with Crippen LogP contribution in [-0.2, 0) is 4.74 Å². The van der Waals surface area contributed by atoms with E-state index in [1.165, 1.54) is 0 Å². The minimum atomic E-state index is -2.82. The van der Waals surface area contributed by atoms with Gasteiger partial charge in [0.2, 0.25) is 0 Å². The number of aryl methyl sites for hydroxylation is 1. The van der Waals surface area contributed by atoms with E-state index in [0.29, 0.717) is 73.5 Å². The van der Waals surface area contributed by atoms with Crippen molar-refractivity contribution in [3.8, 4) is 11.3 Å². The first kappa shape index (κ1) is 24.4. The van der Waals surface area contributed by atoms with Crippen molar-refractivity contribution >= 4 is 34.4 Å².